The Bertz CT molecular complexity index is 361. The summed E-state index contributed by atoms with van der Waals surface area (Å²) in [7, 11) is 0. The van der Waals surface area contributed by atoms with Crippen molar-refractivity contribution in [2.75, 3.05) is 6.61 Å². The molecule has 0 radical (unpaired) electrons. The molecule has 1 aromatic carbocycles. The molecule has 0 bridgehead atoms. The zero-order chi connectivity index (χ0) is 13.0. The maximum absolute atomic E-state index is 6.00. The van der Waals surface area contributed by atoms with Gasteiger partial charge in [-0.25, -0.2) is 0 Å². The molecule has 2 N–H and O–H groups in total. The largest absolute Gasteiger partial charge is 0.489 e. The molecule has 17 heavy (non-hydrogen) atoms. The van der Waals surface area contributed by atoms with Gasteiger partial charge in [-0.2, -0.15) is 0 Å². The number of nitrogens with two attached hydrogens (primary N) is 1. The van der Waals surface area contributed by atoms with Crippen LogP contribution in [0.3, 0.4) is 0 Å². The molecule has 0 heterocycles. The lowest BCUT2D eigenvalue weighted by molar-refractivity contribution is 0.250. The number of rotatable bonds is 5. The molecule has 2 unspecified atom stereocenters. The third-order valence-electron chi connectivity index (χ3n) is 2.76. The van der Waals surface area contributed by atoms with Crippen molar-refractivity contribution in [2.24, 2.45) is 11.7 Å². The lowest BCUT2D eigenvalue weighted by Gasteiger charge is -2.19. The fourth-order valence-corrected chi connectivity index (χ4v) is 2.24. The Labute approximate surface area is 117 Å². The Morgan fingerprint density at radius 1 is 1.24 bits per heavy atom. The van der Waals surface area contributed by atoms with Crippen molar-refractivity contribution in [3.8, 4) is 5.75 Å². The van der Waals surface area contributed by atoms with E-state index in [1.807, 2.05) is 0 Å². The Kier molecular flexibility index (Phi) is 5.87. The highest BCUT2D eigenvalue weighted by molar-refractivity contribution is 6.40. The molecule has 96 valence electrons. The average Bonchev–Trinajstić information content (AvgIpc) is 2.26. The van der Waals surface area contributed by atoms with E-state index < -0.39 is 0 Å². The third-order valence-corrected chi connectivity index (χ3v) is 3.54. The molecule has 0 saturated carbocycles. The van der Waals surface area contributed by atoms with Crippen LogP contribution >= 0.6 is 34.8 Å². The van der Waals surface area contributed by atoms with Crippen LogP contribution in [0.4, 0.5) is 0 Å². The van der Waals surface area contributed by atoms with Gasteiger partial charge in [0.15, 0.2) is 5.75 Å². The van der Waals surface area contributed by atoms with Gasteiger partial charge in [0.1, 0.15) is 6.61 Å². The second-order valence-electron chi connectivity index (χ2n) is 4.06. The summed E-state index contributed by atoms with van der Waals surface area (Å²) in [6.07, 6.45) is 1.01. The van der Waals surface area contributed by atoms with E-state index >= 15 is 0 Å². The third kappa shape index (κ3) is 4.22. The van der Waals surface area contributed by atoms with Crippen LogP contribution in [0.1, 0.15) is 20.3 Å². The Hall–Kier alpha value is -0.150. The molecule has 0 aliphatic rings. The number of benzene rings is 1. The van der Waals surface area contributed by atoms with Gasteiger partial charge in [-0.1, -0.05) is 55.1 Å². The SMILES string of the molecule is CCC(C)C(N)COc1c(Cl)cc(Cl)cc1Cl. The molecule has 0 amide bonds. The van der Waals surface area contributed by atoms with Gasteiger partial charge in [0.2, 0.25) is 0 Å². The molecule has 0 aliphatic carbocycles. The van der Waals surface area contributed by atoms with Gasteiger partial charge < -0.3 is 10.5 Å². The van der Waals surface area contributed by atoms with E-state index in [2.05, 4.69) is 13.8 Å². The Morgan fingerprint density at radius 2 is 1.76 bits per heavy atom. The fourth-order valence-electron chi connectivity index (χ4n) is 1.31. The topological polar surface area (TPSA) is 35.2 Å². The second-order valence-corrected chi connectivity index (χ2v) is 5.31. The molecule has 2 atom stereocenters. The van der Waals surface area contributed by atoms with Crippen LogP contribution in [0.25, 0.3) is 0 Å². The molecule has 0 spiro atoms. The summed E-state index contributed by atoms with van der Waals surface area (Å²) < 4.78 is 5.56. The van der Waals surface area contributed by atoms with Crippen molar-refractivity contribution in [1.29, 1.82) is 0 Å². The zero-order valence-corrected chi connectivity index (χ0v) is 12.1. The molecular formula is C12H16Cl3NO. The van der Waals surface area contributed by atoms with E-state index in [9.17, 15) is 0 Å². The number of ether oxygens (including phenoxy) is 1. The number of halogens is 3. The highest BCUT2D eigenvalue weighted by Gasteiger charge is 2.14. The summed E-state index contributed by atoms with van der Waals surface area (Å²) in [4.78, 5) is 0. The molecular weight excluding hydrogens is 280 g/mol. The van der Waals surface area contributed by atoms with Crippen LogP contribution in [0.2, 0.25) is 15.1 Å². The lowest BCUT2D eigenvalue weighted by Crippen LogP contribution is -2.34. The Morgan fingerprint density at radius 3 is 2.24 bits per heavy atom. The predicted molar refractivity (Wildman–Crippen MR) is 74.4 cm³/mol. The first-order valence-electron chi connectivity index (χ1n) is 5.48. The molecule has 0 fully saturated rings. The standard InChI is InChI=1S/C12H16Cl3NO/c1-3-7(2)11(16)6-17-12-9(14)4-8(13)5-10(12)15/h4-5,7,11H,3,6,16H2,1-2H3. The lowest BCUT2D eigenvalue weighted by atomic mass is 10.0. The molecule has 5 heteroatoms. The molecule has 0 saturated heterocycles. The van der Waals surface area contributed by atoms with Crippen molar-refractivity contribution in [1.82, 2.24) is 0 Å². The second kappa shape index (κ2) is 6.69. The first-order valence-corrected chi connectivity index (χ1v) is 6.62. The van der Waals surface area contributed by atoms with Gasteiger partial charge >= 0.3 is 0 Å². The molecule has 1 aromatic rings. The smallest absolute Gasteiger partial charge is 0.156 e. The summed E-state index contributed by atoms with van der Waals surface area (Å²) in [5.41, 5.74) is 5.97. The van der Waals surface area contributed by atoms with Crippen molar-refractivity contribution in [3.05, 3.63) is 27.2 Å². The number of hydrogen-bond acceptors (Lipinski definition) is 2. The first-order chi connectivity index (χ1) is 7.95. The molecule has 0 aliphatic heterocycles. The maximum atomic E-state index is 6.00. The molecule has 1 rings (SSSR count). The summed E-state index contributed by atoms with van der Waals surface area (Å²) in [6, 6.07) is 3.15. The summed E-state index contributed by atoms with van der Waals surface area (Å²) in [5, 5.41) is 1.29. The number of hydrogen-bond donors (Lipinski definition) is 1. The van der Waals surface area contributed by atoms with E-state index in [1.165, 1.54) is 0 Å². The van der Waals surface area contributed by atoms with Crippen LogP contribution < -0.4 is 10.5 Å². The van der Waals surface area contributed by atoms with Gasteiger partial charge in [0.25, 0.3) is 0 Å². The van der Waals surface area contributed by atoms with Crippen molar-refractivity contribution in [2.45, 2.75) is 26.3 Å². The summed E-state index contributed by atoms with van der Waals surface area (Å²) in [6.45, 7) is 4.56. The van der Waals surface area contributed by atoms with E-state index in [4.69, 9.17) is 45.3 Å². The zero-order valence-electron chi connectivity index (χ0n) is 9.84. The van der Waals surface area contributed by atoms with Crippen molar-refractivity contribution in [3.63, 3.8) is 0 Å². The van der Waals surface area contributed by atoms with Crippen LogP contribution in [0.5, 0.6) is 5.75 Å². The van der Waals surface area contributed by atoms with Crippen LogP contribution in [-0.4, -0.2) is 12.6 Å². The first kappa shape index (κ1) is 14.9. The van der Waals surface area contributed by atoms with E-state index in [0.717, 1.165) is 6.42 Å². The van der Waals surface area contributed by atoms with Crippen LogP contribution in [-0.2, 0) is 0 Å². The van der Waals surface area contributed by atoms with Crippen LogP contribution in [0, 0.1) is 5.92 Å². The highest BCUT2D eigenvalue weighted by Crippen LogP contribution is 2.35. The van der Waals surface area contributed by atoms with Gasteiger partial charge in [0.05, 0.1) is 10.0 Å². The predicted octanol–water partition coefficient (Wildman–Crippen LogP) is 4.40. The minimum absolute atomic E-state index is 0.0391. The van der Waals surface area contributed by atoms with Gasteiger partial charge in [-0.3, -0.25) is 0 Å². The fraction of sp³-hybridized carbons (Fsp3) is 0.500. The highest BCUT2D eigenvalue weighted by atomic mass is 35.5. The van der Waals surface area contributed by atoms with E-state index in [1.54, 1.807) is 12.1 Å². The van der Waals surface area contributed by atoms with Gasteiger partial charge in [-0.15, -0.1) is 0 Å². The van der Waals surface area contributed by atoms with Crippen LogP contribution in [0.15, 0.2) is 12.1 Å². The van der Waals surface area contributed by atoms with Crippen molar-refractivity contribution < 1.29 is 4.74 Å². The minimum Gasteiger partial charge on any atom is -0.489 e. The maximum Gasteiger partial charge on any atom is 0.156 e. The van der Waals surface area contributed by atoms with E-state index in [0.29, 0.717) is 33.3 Å². The minimum atomic E-state index is -0.0391. The quantitative estimate of drug-likeness (QED) is 0.874. The van der Waals surface area contributed by atoms with Crippen molar-refractivity contribution >= 4 is 34.8 Å². The molecule has 2 nitrogen and oxygen atoms in total. The van der Waals surface area contributed by atoms with E-state index in [-0.39, 0.29) is 6.04 Å². The summed E-state index contributed by atoms with van der Waals surface area (Å²) >= 11 is 17.8. The van der Waals surface area contributed by atoms with Gasteiger partial charge in [0, 0.05) is 11.1 Å². The normalized spacial score (nSPS) is 14.5. The van der Waals surface area contributed by atoms with Gasteiger partial charge in [-0.05, 0) is 18.1 Å². The monoisotopic (exact) mass is 295 g/mol. The Balaban J connectivity index is 2.70. The molecule has 0 aromatic heterocycles. The average molecular weight is 297 g/mol. The summed E-state index contributed by atoms with van der Waals surface area (Å²) in [5.74, 6) is 0.830.